The molecule has 0 fully saturated rings. The summed E-state index contributed by atoms with van der Waals surface area (Å²) in [7, 11) is 0. The summed E-state index contributed by atoms with van der Waals surface area (Å²) in [6.45, 7) is 11.2. The highest BCUT2D eigenvalue weighted by Crippen LogP contribution is 2.30. The topological polar surface area (TPSA) is 146 Å². The fourth-order valence-electron chi connectivity index (χ4n) is 6.20. The zero-order valence-corrected chi connectivity index (χ0v) is 30.5. The number of aliphatic hydroxyl groups is 1. The van der Waals surface area contributed by atoms with Crippen LogP contribution in [-0.4, -0.2) is 87.5 Å². The molecule has 0 spiro atoms. The van der Waals surface area contributed by atoms with Gasteiger partial charge in [-0.15, -0.1) is 0 Å². The van der Waals surface area contributed by atoms with Crippen molar-refractivity contribution in [2.24, 2.45) is 35.3 Å². The zero-order chi connectivity index (χ0) is 36.3. The number of Topliss-reactive ketones (excluding diaryl/α,β-unsaturated/α-hetero) is 2. The summed E-state index contributed by atoms with van der Waals surface area (Å²) in [4.78, 5) is 41.0. The summed E-state index contributed by atoms with van der Waals surface area (Å²) in [6, 6.07) is 16.7. The average Bonchev–Trinajstić information content (AvgIpc) is 3.10. The first-order valence-corrected chi connectivity index (χ1v) is 18.3. The fraction of sp³-hybridized carbons (Fsp3) is 0.625. The number of carbonyl (C=O) groups excluding carboxylic acids is 3. The van der Waals surface area contributed by atoms with Crippen molar-refractivity contribution in [3.05, 3.63) is 65.7 Å². The number of nitrogens with two attached hydrogens (primary N) is 1. The van der Waals surface area contributed by atoms with Crippen LogP contribution in [0.15, 0.2) is 54.6 Å². The first-order valence-electron chi connectivity index (χ1n) is 18.3. The normalized spacial score (nSPS) is 21.8. The first-order chi connectivity index (χ1) is 24.1. The van der Waals surface area contributed by atoms with Gasteiger partial charge in [-0.05, 0) is 66.7 Å². The lowest BCUT2D eigenvalue weighted by atomic mass is 9.76. The molecule has 2 bridgehead atoms. The molecule has 4 rings (SSSR count). The molecule has 0 saturated heterocycles. The number of fused-ring (bicyclic) bond motifs is 22. The number of amides is 1. The van der Waals surface area contributed by atoms with E-state index in [4.69, 9.17) is 24.7 Å². The largest absolute Gasteiger partial charge is 0.491 e. The zero-order valence-electron chi connectivity index (χ0n) is 30.5. The molecule has 5 atom stereocenters. The molecule has 2 aliphatic heterocycles. The van der Waals surface area contributed by atoms with E-state index in [0.29, 0.717) is 77.8 Å². The van der Waals surface area contributed by atoms with E-state index in [1.165, 1.54) is 0 Å². The number of hydrogen-bond acceptors (Lipinski definition) is 9. The molecule has 50 heavy (non-hydrogen) atoms. The second kappa shape index (κ2) is 22.6. The van der Waals surface area contributed by atoms with Gasteiger partial charge in [-0.1, -0.05) is 70.2 Å². The van der Waals surface area contributed by atoms with E-state index >= 15 is 0 Å². The maximum atomic E-state index is 14.3. The molecule has 0 unspecified atom stereocenters. The standard InChI is InChI=1S/C40H60N2O8/c1-28(2)35-27-36(43)34(39(45)32(25-31-9-6-5-7-10-31)26-37(44)38(41)29(3)4)16-13-30-11-14-33(15-12-30)50-24-23-49-22-21-48-19-8-18-47-20-17-42-40(35)46/h5-7,9-12,14-15,28-29,32,34-35,38-39,45H,8,13,16-27,41H2,1-4H3,(H,42,46)/t32-,34+,35+,38+,39-/m1/s1. The molecule has 0 aliphatic carbocycles. The van der Waals surface area contributed by atoms with Gasteiger partial charge in [-0.3, -0.25) is 14.4 Å². The summed E-state index contributed by atoms with van der Waals surface area (Å²) >= 11 is 0. The lowest BCUT2D eigenvalue weighted by Gasteiger charge is -2.31. The van der Waals surface area contributed by atoms with E-state index in [9.17, 15) is 19.5 Å². The SMILES string of the molecule is CC(C)[C@H](N)C(=O)C[C@@H](Cc1ccccc1)[C@@H](O)[C@H]1CCc2ccc(cc2)OCCOCCOCCCOCCNC(=O)[C@H](C(C)C)CC1=O. The second-order valence-electron chi connectivity index (χ2n) is 14.0. The van der Waals surface area contributed by atoms with Crippen molar-refractivity contribution < 1.29 is 38.4 Å². The second-order valence-corrected chi connectivity index (χ2v) is 14.0. The third kappa shape index (κ3) is 14.6. The van der Waals surface area contributed by atoms with E-state index < -0.39 is 29.9 Å². The highest BCUT2D eigenvalue weighted by atomic mass is 16.5. The van der Waals surface area contributed by atoms with Crippen LogP contribution in [0.4, 0.5) is 0 Å². The van der Waals surface area contributed by atoms with Crippen molar-refractivity contribution in [2.75, 3.05) is 52.8 Å². The van der Waals surface area contributed by atoms with Crippen LogP contribution in [0.3, 0.4) is 0 Å². The maximum absolute atomic E-state index is 14.3. The van der Waals surface area contributed by atoms with Gasteiger partial charge >= 0.3 is 0 Å². The summed E-state index contributed by atoms with van der Waals surface area (Å²) in [6.07, 6.45) is 0.921. The maximum Gasteiger partial charge on any atom is 0.223 e. The average molecular weight is 697 g/mol. The molecule has 2 aromatic carbocycles. The van der Waals surface area contributed by atoms with Crippen LogP contribution in [-0.2, 0) is 41.4 Å². The van der Waals surface area contributed by atoms with Crippen LogP contribution < -0.4 is 15.8 Å². The molecular formula is C40H60N2O8. The minimum absolute atomic E-state index is 0.0181. The number of aliphatic hydroxyl groups excluding tert-OH is 1. The van der Waals surface area contributed by atoms with Crippen LogP contribution in [0.25, 0.3) is 0 Å². The van der Waals surface area contributed by atoms with E-state index in [0.717, 1.165) is 17.5 Å². The monoisotopic (exact) mass is 696 g/mol. The molecule has 4 N–H and O–H groups in total. The van der Waals surface area contributed by atoms with Gasteiger partial charge in [-0.2, -0.15) is 0 Å². The number of hydrogen-bond donors (Lipinski definition) is 3. The Balaban J connectivity index is 1.87. The molecule has 0 radical (unpaired) electrons. The molecular weight excluding hydrogens is 636 g/mol. The van der Waals surface area contributed by atoms with Crippen molar-refractivity contribution in [2.45, 2.75) is 78.4 Å². The predicted molar refractivity (Wildman–Crippen MR) is 194 cm³/mol. The summed E-state index contributed by atoms with van der Waals surface area (Å²) in [5, 5.41) is 15.0. The minimum atomic E-state index is -1.12. The molecule has 2 aromatic rings. The third-order valence-electron chi connectivity index (χ3n) is 9.42. The van der Waals surface area contributed by atoms with Crippen molar-refractivity contribution >= 4 is 17.5 Å². The minimum Gasteiger partial charge on any atom is -0.491 e. The van der Waals surface area contributed by atoms with Crippen molar-refractivity contribution in [1.82, 2.24) is 5.32 Å². The Kier molecular flexibility index (Phi) is 18.7. The number of ether oxygens (including phenoxy) is 4. The number of rotatable bonds is 9. The van der Waals surface area contributed by atoms with Gasteiger partial charge in [0.15, 0.2) is 0 Å². The Bertz CT molecular complexity index is 1270. The van der Waals surface area contributed by atoms with Gasteiger partial charge < -0.3 is 35.1 Å². The molecule has 1 amide bonds. The number of ketones is 2. The summed E-state index contributed by atoms with van der Waals surface area (Å²) < 4.78 is 22.7. The number of carbonyl (C=O) groups is 3. The Morgan fingerprint density at radius 3 is 2.16 bits per heavy atom. The van der Waals surface area contributed by atoms with Gasteiger partial charge in [0, 0.05) is 44.4 Å². The van der Waals surface area contributed by atoms with E-state index in [1.807, 2.05) is 82.3 Å². The lowest BCUT2D eigenvalue weighted by molar-refractivity contribution is -0.136. The van der Waals surface area contributed by atoms with Crippen LogP contribution >= 0.6 is 0 Å². The Hall–Kier alpha value is -3.15. The van der Waals surface area contributed by atoms with E-state index in [1.54, 1.807) is 0 Å². The molecule has 2 aliphatic rings. The first kappa shape index (κ1) is 41.3. The molecule has 0 aromatic heterocycles. The van der Waals surface area contributed by atoms with Crippen molar-refractivity contribution in [1.29, 1.82) is 0 Å². The molecule has 278 valence electrons. The fourth-order valence-corrected chi connectivity index (χ4v) is 6.20. The number of aryl methyl sites for hydroxylation is 1. The lowest BCUT2D eigenvalue weighted by Crippen LogP contribution is -2.43. The predicted octanol–water partition coefficient (Wildman–Crippen LogP) is 4.58. The van der Waals surface area contributed by atoms with Gasteiger partial charge in [0.25, 0.3) is 0 Å². The van der Waals surface area contributed by atoms with Crippen LogP contribution in [0.2, 0.25) is 0 Å². The molecule has 10 nitrogen and oxygen atoms in total. The van der Waals surface area contributed by atoms with Gasteiger partial charge in [0.05, 0.1) is 38.6 Å². The van der Waals surface area contributed by atoms with Crippen molar-refractivity contribution in [3.8, 4) is 5.75 Å². The van der Waals surface area contributed by atoms with Gasteiger partial charge in [0.1, 0.15) is 23.9 Å². The highest BCUT2D eigenvalue weighted by Gasteiger charge is 2.37. The molecule has 10 heteroatoms. The van der Waals surface area contributed by atoms with E-state index in [2.05, 4.69) is 5.32 Å². The van der Waals surface area contributed by atoms with E-state index in [-0.39, 0.29) is 42.2 Å². The van der Waals surface area contributed by atoms with Crippen LogP contribution in [0, 0.1) is 29.6 Å². The van der Waals surface area contributed by atoms with Crippen LogP contribution in [0.5, 0.6) is 5.75 Å². The summed E-state index contributed by atoms with van der Waals surface area (Å²) in [5.41, 5.74) is 8.21. The third-order valence-corrected chi connectivity index (χ3v) is 9.42. The Morgan fingerprint density at radius 1 is 0.860 bits per heavy atom. The molecule has 2 heterocycles. The highest BCUT2D eigenvalue weighted by molar-refractivity contribution is 5.89. The quantitative estimate of drug-likeness (QED) is 0.321. The number of benzene rings is 2. The number of nitrogens with one attached hydrogen (secondary N) is 1. The summed E-state index contributed by atoms with van der Waals surface area (Å²) in [5.74, 6) is -1.91. The Morgan fingerprint density at radius 2 is 1.50 bits per heavy atom. The Labute approximate surface area is 298 Å². The van der Waals surface area contributed by atoms with Gasteiger partial charge in [0.2, 0.25) is 5.91 Å². The molecule has 0 saturated carbocycles. The smallest absolute Gasteiger partial charge is 0.223 e. The van der Waals surface area contributed by atoms with Crippen LogP contribution in [0.1, 0.15) is 64.5 Å². The van der Waals surface area contributed by atoms with Crippen molar-refractivity contribution in [3.63, 3.8) is 0 Å². The van der Waals surface area contributed by atoms with Gasteiger partial charge in [-0.25, -0.2) is 0 Å².